The van der Waals surface area contributed by atoms with Crippen LogP contribution in [-0.4, -0.2) is 26.6 Å². The van der Waals surface area contributed by atoms with Crippen molar-refractivity contribution in [1.82, 2.24) is 19.5 Å². The molecule has 7 nitrogen and oxygen atoms in total. The number of hydrogen-bond donors (Lipinski definition) is 2. The fourth-order valence-corrected chi connectivity index (χ4v) is 3.19. The first-order chi connectivity index (χ1) is 11.7. The topological polar surface area (TPSA) is 80.4 Å². The van der Waals surface area contributed by atoms with E-state index in [1.165, 1.54) is 10.7 Å². The Bertz CT molecular complexity index is 988. The van der Waals surface area contributed by atoms with Crippen molar-refractivity contribution in [2.75, 3.05) is 11.9 Å². The lowest BCUT2D eigenvalue weighted by Gasteiger charge is -2.20. The molecule has 0 fully saturated rings. The summed E-state index contributed by atoms with van der Waals surface area (Å²) in [6, 6.07) is 9.22. The molecule has 24 heavy (non-hydrogen) atoms. The number of rotatable bonds is 2. The second-order valence-electron chi connectivity index (χ2n) is 5.83. The first kappa shape index (κ1) is 14.6. The third-order valence-electron chi connectivity index (χ3n) is 4.38. The summed E-state index contributed by atoms with van der Waals surface area (Å²) in [5, 5.41) is 10.2. The molecule has 2 aromatic heterocycles. The van der Waals surface area contributed by atoms with E-state index in [1.54, 1.807) is 0 Å². The molecule has 0 atom stereocenters. The van der Waals surface area contributed by atoms with Crippen LogP contribution in [0.5, 0.6) is 0 Å². The minimum absolute atomic E-state index is 0.163. The van der Waals surface area contributed by atoms with E-state index < -0.39 is 0 Å². The quantitative estimate of drug-likeness (QED) is 0.735. The van der Waals surface area contributed by atoms with E-state index in [9.17, 15) is 9.59 Å². The van der Waals surface area contributed by atoms with Crippen molar-refractivity contribution in [2.24, 2.45) is 7.05 Å². The zero-order chi connectivity index (χ0) is 16.7. The Labute approximate surface area is 137 Å². The van der Waals surface area contributed by atoms with Gasteiger partial charge in [0.25, 0.3) is 11.5 Å². The third kappa shape index (κ3) is 2.21. The largest absolute Gasteiger partial charge is 0.332 e. The smallest absolute Gasteiger partial charge is 0.279 e. The van der Waals surface area contributed by atoms with Gasteiger partial charge in [-0.3, -0.25) is 9.59 Å². The second kappa shape index (κ2) is 5.61. The van der Waals surface area contributed by atoms with Crippen LogP contribution in [0.15, 0.2) is 41.3 Å². The van der Waals surface area contributed by atoms with Crippen LogP contribution in [0.25, 0.3) is 5.65 Å². The monoisotopic (exact) mass is 323 g/mol. The van der Waals surface area contributed by atoms with Gasteiger partial charge in [-0.05, 0) is 12.1 Å². The number of carbonyl (C=O) groups is 1. The molecule has 3 aromatic rings. The van der Waals surface area contributed by atoms with Crippen LogP contribution in [0.3, 0.4) is 0 Å². The molecule has 7 heteroatoms. The molecular weight excluding hydrogens is 306 g/mol. The van der Waals surface area contributed by atoms with Crippen molar-refractivity contribution in [2.45, 2.75) is 13.0 Å². The molecular formula is C17H17N5O2. The number of hydrogen-bond acceptors (Lipinski definition) is 4. The first-order valence-corrected chi connectivity index (χ1v) is 7.82. The predicted octanol–water partition coefficient (Wildman–Crippen LogP) is 0.931. The molecule has 1 aliphatic rings. The summed E-state index contributed by atoms with van der Waals surface area (Å²) in [4.78, 5) is 25.3. The van der Waals surface area contributed by atoms with Gasteiger partial charge >= 0.3 is 0 Å². The molecule has 0 aliphatic carbocycles. The summed E-state index contributed by atoms with van der Waals surface area (Å²) in [5.41, 5.74) is 3.13. The molecule has 0 unspecified atom stereocenters. The summed E-state index contributed by atoms with van der Waals surface area (Å²) >= 11 is 0. The van der Waals surface area contributed by atoms with Gasteiger partial charge in [0.05, 0.1) is 11.8 Å². The lowest BCUT2D eigenvalue weighted by molar-refractivity contribution is 0.102. The van der Waals surface area contributed by atoms with Crippen molar-refractivity contribution in [3.63, 3.8) is 0 Å². The summed E-state index contributed by atoms with van der Waals surface area (Å²) in [5.74, 6) is -0.278. The van der Waals surface area contributed by atoms with Gasteiger partial charge in [0.15, 0.2) is 5.65 Å². The fraction of sp³-hybridized carbons (Fsp3) is 0.235. The van der Waals surface area contributed by atoms with E-state index in [0.29, 0.717) is 23.4 Å². The second-order valence-corrected chi connectivity index (χ2v) is 5.83. The zero-order valence-electron chi connectivity index (χ0n) is 13.2. The first-order valence-electron chi connectivity index (χ1n) is 7.82. The normalized spacial score (nSPS) is 13.7. The number of benzene rings is 1. The van der Waals surface area contributed by atoms with Crippen molar-refractivity contribution in [1.29, 1.82) is 0 Å². The summed E-state index contributed by atoms with van der Waals surface area (Å²) in [6.07, 6.45) is 2.20. The van der Waals surface area contributed by atoms with Gasteiger partial charge in [0.1, 0.15) is 5.56 Å². The molecule has 4 rings (SSSR count). The Morgan fingerprint density at radius 3 is 2.88 bits per heavy atom. The highest BCUT2D eigenvalue weighted by Gasteiger charge is 2.23. The van der Waals surface area contributed by atoms with Crippen LogP contribution in [0.2, 0.25) is 0 Å². The minimum Gasteiger partial charge on any atom is -0.332 e. The Morgan fingerprint density at radius 1 is 1.29 bits per heavy atom. The average Bonchev–Trinajstić information content (AvgIpc) is 3.06. The zero-order valence-corrected chi connectivity index (χ0v) is 13.2. The third-order valence-corrected chi connectivity index (χ3v) is 4.38. The van der Waals surface area contributed by atoms with Crippen molar-refractivity contribution < 1.29 is 4.79 Å². The lowest BCUT2D eigenvalue weighted by atomic mass is 10.1. The van der Waals surface area contributed by atoms with Crippen LogP contribution < -0.4 is 16.2 Å². The molecule has 2 N–H and O–H groups in total. The van der Waals surface area contributed by atoms with Gasteiger partial charge in [-0.15, -0.1) is 0 Å². The van der Waals surface area contributed by atoms with Gasteiger partial charge in [0, 0.05) is 37.9 Å². The Morgan fingerprint density at radius 2 is 2.08 bits per heavy atom. The lowest BCUT2D eigenvalue weighted by Crippen LogP contribution is -2.35. The summed E-state index contributed by atoms with van der Waals surface area (Å²) < 4.78 is 3.22. The van der Waals surface area contributed by atoms with Gasteiger partial charge in [-0.1, -0.05) is 18.2 Å². The molecule has 0 radical (unpaired) electrons. The number of fused-ring (bicyclic) bond motifs is 2. The van der Waals surface area contributed by atoms with E-state index in [0.717, 1.165) is 24.2 Å². The Hall–Kier alpha value is -2.93. The molecule has 0 saturated carbocycles. The minimum atomic E-state index is -0.278. The number of amides is 1. The van der Waals surface area contributed by atoms with Gasteiger partial charge < -0.3 is 15.2 Å². The maximum absolute atomic E-state index is 12.6. The van der Waals surface area contributed by atoms with Gasteiger partial charge in [-0.2, -0.15) is 9.61 Å². The van der Waals surface area contributed by atoms with E-state index in [2.05, 4.69) is 15.7 Å². The Balaban J connectivity index is 1.84. The molecule has 0 spiro atoms. The van der Waals surface area contributed by atoms with Crippen molar-refractivity contribution in [3.8, 4) is 0 Å². The number of para-hydroxylation sites is 1. The van der Waals surface area contributed by atoms with Crippen LogP contribution in [0.4, 0.5) is 5.69 Å². The highest BCUT2D eigenvalue weighted by Crippen LogP contribution is 2.17. The van der Waals surface area contributed by atoms with E-state index in [-0.39, 0.29) is 11.5 Å². The van der Waals surface area contributed by atoms with Crippen LogP contribution in [0.1, 0.15) is 21.6 Å². The average molecular weight is 323 g/mol. The van der Waals surface area contributed by atoms with E-state index in [4.69, 9.17) is 0 Å². The molecule has 0 saturated heterocycles. The summed E-state index contributed by atoms with van der Waals surface area (Å²) in [7, 11) is 1.87. The van der Waals surface area contributed by atoms with Crippen LogP contribution in [-0.2, 0) is 20.0 Å². The summed E-state index contributed by atoms with van der Waals surface area (Å²) in [6.45, 7) is 1.35. The maximum atomic E-state index is 12.6. The highest BCUT2D eigenvalue weighted by atomic mass is 16.2. The highest BCUT2D eigenvalue weighted by molar-refractivity contribution is 6.08. The standard InChI is InChI=1S/C17H17N5O2/c1-21-14-7-8-18-9-12(14)17(24)22-16(21)13(10-19-22)15(23)20-11-5-3-2-4-6-11/h2-6,10,18H,7-9H2,1H3,(H,20,23). The molecule has 122 valence electrons. The van der Waals surface area contributed by atoms with Gasteiger partial charge in [-0.25, -0.2) is 0 Å². The maximum Gasteiger partial charge on any atom is 0.279 e. The fourth-order valence-electron chi connectivity index (χ4n) is 3.19. The Kier molecular flexibility index (Phi) is 3.42. The van der Waals surface area contributed by atoms with Crippen LogP contribution in [0, 0.1) is 0 Å². The number of nitrogens with one attached hydrogen (secondary N) is 2. The molecule has 1 amide bonds. The number of anilines is 1. The number of nitrogens with zero attached hydrogens (tertiary/aromatic N) is 3. The van der Waals surface area contributed by atoms with E-state index >= 15 is 0 Å². The molecule has 3 heterocycles. The predicted molar refractivity (Wildman–Crippen MR) is 90.2 cm³/mol. The number of aryl methyl sites for hydroxylation is 1. The van der Waals surface area contributed by atoms with Crippen LogP contribution >= 0.6 is 0 Å². The molecule has 1 aromatic carbocycles. The SMILES string of the molecule is Cn1c2c(c(=O)n3ncc(C(=O)Nc4ccccc4)c13)CNCC2. The van der Waals surface area contributed by atoms with Crippen molar-refractivity contribution in [3.05, 3.63) is 63.7 Å². The van der Waals surface area contributed by atoms with Crippen molar-refractivity contribution >= 4 is 17.2 Å². The molecule has 0 bridgehead atoms. The van der Waals surface area contributed by atoms with E-state index in [1.807, 2.05) is 41.9 Å². The number of aromatic nitrogens is 3. The molecule has 1 aliphatic heterocycles. The van der Waals surface area contributed by atoms with Gasteiger partial charge in [0.2, 0.25) is 0 Å². The number of carbonyl (C=O) groups excluding carboxylic acids is 1.